The molecule has 0 aromatic carbocycles. The summed E-state index contributed by atoms with van der Waals surface area (Å²) in [5.41, 5.74) is 0. The zero-order valence-corrected chi connectivity index (χ0v) is 5.18. The topological polar surface area (TPSA) is 46.5 Å². The van der Waals surface area contributed by atoms with Crippen LogP contribution < -0.4 is 0 Å². The van der Waals surface area contributed by atoms with Gasteiger partial charge in [0.1, 0.15) is 6.10 Å². The Morgan fingerprint density at radius 2 is 2.00 bits per heavy atom. The molecular formula is C3H11AlO3P+. The molecule has 1 atom stereocenters. The van der Waals surface area contributed by atoms with Crippen molar-refractivity contribution in [1.29, 1.82) is 0 Å². The van der Waals surface area contributed by atoms with Gasteiger partial charge in [-0.05, 0) is 13.8 Å². The molecule has 0 aliphatic rings. The first-order chi connectivity index (χ1) is 3.13. The lowest BCUT2D eigenvalue weighted by Crippen LogP contribution is -1.92. The molecule has 0 bridgehead atoms. The van der Waals surface area contributed by atoms with Crippen LogP contribution in [0.1, 0.15) is 13.8 Å². The van der Waals surface area contributed by atoms with E-state index in [-0.39, 0.29) is 23.5 Å². The third-order valence-corrected chi connectivity index (χ3v) is 0.903. The highest BCUT2D eigenvalue weighted by Gasteiger charge is 2.13. The molecule has 0 saturated carbocycles. The minimum atomic E-state index is -2.39. The lowest BCUT2D eigenvalue weighted by Gasteiger charge is -1.85. The van der Waals surface area contributed by atoms with E-state index >= 15 is 0 Å². The fourth-order valence-corrected chi connectivity index (χ4v) is 0.541. The van der Waals surface area contributed by atoms with E-state index in [4.69, 9.17) is 4.89 Å². The van der Waals surface area contributed by atoms with Crippen LogP contribution in [0.2, 0.25) is 0 Å². The van der Waals surface area contributed by atoms with Crippen molar-refractivity contribution < 1.29 is 14.0 Å². The Balaban J connectivity index is 0. The standard InChI is InChI=1S/C3H7O3P.Al.3H/c1-3(2)6-7(4)5;;;;/h3H,1-2H3;;;;/p+1. The average molecular weight is 153 g/mol. The molecular weight excluding hydrogens is 142 g/mol. The molecule has 0 aromatic rings. The second-order valence-corrected chi connectivity index (χ2v) is 2.08. The van der Waals surface area contributed by atoms with Gasteiger partial charge < -0.3 is 0 Å². The zero-order valence-electron chi connectivity index (χ0n) is 4.29. The van der Waals surface area contributed by atoms with Gasteiger partial charge in [-0.15, -0.1) is 9.42 Å². The predicted molar refractivity (Wildman–Crippen MR) is 36.0 cm³/mol. The molecule has 48 valence electrons. The van der Waals surface area contributed by atoms with E-state index in [2.05, 4.69) is 4.52 Å². The van der Waals surface area contributed by atoms with Crippen molar-refractivity contribution in [2.45, 2.75) is 20.0 Å². The highest BCUT2D eigenvalue weighted by atomic mass is 31.1. The highest BCUT2D eigenvalue weighted by molar-refractivity contribution is 7.32. The summed E-state index contributed by atoms with van der Waals surface area (Å²) in [6.45, 7) is 3.40. The van der Waals surface area contributed by atoms with Crippen molar-refractivity contribution >= 4 is 25.6 Å². The average Bonchev–Trinajstić information content (AvgIpc) is 1.27. The third kappa shape index (κ3) is 9.75. The molecule has 0 aliphatic heterocycles. The van der Waals surface area contributed by atoms with Crippen molar-refractivity contribution in [1.82, 2.24) is 0 Å². The summed E-state index contributed by atoms with van der Waals surface area (Å²) >= 11 is 0. The van der Waals surface area contributed by atoms with Crippen LogP contribution in [0.5, 0.6) is 0 Å². The first-order valence-electron chi connectivity index (χ1n) is 1.96. The van der Waals surface area contributed by atoms with Crippen LogP contribution >= 0.6 is 8.25 Å². The van der Waals surface area contributed by atoms with Crippen LogP contribution in [0.25, 0.3) is 0 Å². The second kappa shape index (κ2) is 5.68. The molecule has 1 unspecified atom stereocenters. The smallest absolute Gasteiger partial charge is 0.133 e. The molecule has 8 heavy (non-hydrogen) atoms. The number of hydrogen-bond acceptors (Lipinski definition) is 2. The maximum Gasteiger partial charge on any atom is 0.694 e. The molecule has 0 fully saturated rings. The van der Waals surface area contributed by atoms with Crippen LogP contribution in [-0.4, -0.2) is 28.4 Å². The van der Waals surface area contributed by atoms with Crippen molar-refractivity contribution in [2.75, 3.05) is 0 Å². The van der Waals surface area contributed by atoms with Crippen LogP contribution in [0, 0.1) is 0 Å². The Bertz CT molecular complexity index is 74.9. The normalized spacial score (nSPS) is 10.8. The number of rotatable bonds is 2. The fraction of sp³-hybridized carbons (Fsp3) is 1.00. The minimum Gasteiger partial charge on any atom is -0.133 e. The number of hydrogen-bond donors (Lipinski definition) is 1. The van der Waals surface area contributed by atoms with Gasteiger partial charge in [0.15, 0.2) is 17.4 Å². The Morgan fingerprint density at radius 3 is 2.00 bits per heavy atom. The van der Waals surface area contributed by atoms with E-state index in [1.54, 1.807) is 13.8 Å². The minimum absolute atomic E-state index is 0. The van der Waals surface area contributed by atoms with Crippen LogP contribution in [0.3, 0.4) is 0 Å². The molecule has 0 spiro atoms. The van der Waals surface area contributed by atoms with Gasteiger partial charge >= 0.3 is 8.25 Å². The maximum atomic E-state index is 9.74. The van der Waals surface area contributed by atoms with Crippen molar-refractivity contribution in [3.05, 3.63) is 0 Å². The molecule has 0 radical (unpaired) electrons. The zero-order chi connectivity index (χ0) is 5.86. The molecule has 0 aromatic heterocycles. The molecule has 3 nitrogen and oxygen atoms in total. The summed E-state index contributed by atoms with van der Waals surface area (Å²) in [4.78, 5) is 8.01. The summed E-state index contributed by atoms with van der Waals surface area (Å²) in [7, 11) is -2.39. The molecule has 0 heterocycles. The molecule has 0 rings (SSSR count). The SMILES string of the molecule is CC(C)O[P+](=O)O.[AlH3]. The third-order valence-electron chi connectivity index (χ3n) is 0.301. The molecule has 5 heteroatoms. The van der Waals surface area contributed by atoms with Gasteiger partial charge in [0.05, 0.1) is 0 Å². The first-order valence-corrected chi connectivity index (χ1v) is 3.09. The van der Waals surface area contributed by atoms with E-state index in [1.165, 1.54) is 0 Å². The van der Waals surface area contributed by atoms with E-state index in [9.17, 15) is 4.57 Å². The Morgan fingerprint density at radius 1 is 1.62 bits per heavy atom. The molecule has 0 amide bonds. The predicted octanol–water partition coefficient (Wildman–Crippen LogP) is -0.123. The lowest BCUT2D eigenvalue weighted by atomic mass is 10.5. The van der Waals surface area contributed by atoms with Crippen LogP contribution in [0.4, 0.5) is 0 Å². The van der Waals surface area contributed by atoms with Gasteiger partial charge in [0.25, 0.3) is 0 Å². The Labute approximate surface area is 60.1 Å². The van der Waals surface area contributed by atoms with Crippen molar-refractivity contribution in [3.8, 4) is 0 Å². The van der Waals surface area contributed by atoms with Gasteiger partial charge in [-0.3, -0.25) is 0 Å². The van der Waals surface area contributed by atoms with Crippen LogP contribution in [-0.2, 0) is 9.09 Å². The lowest BCUT2D eigenvalue weighted by molar-refractivity contribution is 0.222. The second-order valence-electron chi connectivity index (χ2n) is 1.39. The van der Waals surface area contributed by atoms with Crippen molar-refractivity contribution in [2.24, 2.45) is 0 Å². The summed E-state index contributed by atoms with van der Waals surface area (Å²) in [6.07, 6.45) is -0.159. The summed E-state index contributed by atoms with van der Waals surface area (Å²) in [6, 6.07) is 0. The van der Waals surface area contributed by atoms with Crippen molar-refractivity contribution in [3.63, 3.8) is 0 Å². The van der Waals surface area contributed by atoms with Gasteiger partial charge in [-0.2, -0.15) is 0 Å². The monoisotopic (exact) mass is 153 g/mol. The first kappa shape index (κ1) is 11.4. The van der Waals surface area contributed by atoms with Gasteiger partial charge in [0.2, 0.25) is 0 Å². The summed E-state index contributed by atoms with van der Waals surface area (Å²) < 4.78 is 14.1. The van der Waals surface area contributed by atoms with Gasteiger partial charge in [-0.25, -0.2) is 0 Å². The summed E-state index contributed by atoms with van der Waals surface area (Å²) in [5.74, 6) is 0. The van der Waals surface area contributed by atoms with E-state index in [0.29, 0.717) is 0 Å². The fourth-order valence-electron chi connectivity index (χ4n) is 0.180. The largest absolute Gasteiger partial charge is 0.694 e. The highest BCUT2D eigenvalue weighted by Crippen LogP contribution is 2.16. The molecule has 0 aliphatic carbocycles. The Hall–Kier alpha value is 0.552. The van der Waals surface area contributed by atoms with E-state index in [0.717, 1.165) is 0 Å². The quantitative estimate of drug-likeness (QED) is 0.444. The Kier molecular flexibility index (Phi) is 8.07. The van der Waals surface area contributed by atoms with Gasteiger partial charge in [0, 0.05) is 4.57 Å². The van der Waals surface area contributed by atoms with E-state index < -0.39 is 8.25 Å². The van der Waals surface area contributed by atoms with Crippen LogP contribution in [0.15, 0.2) is 0 Å². The molecule has 1 N–H and O–H groups in total. The van der Waals surface area contributed by atoms with E-state index in [1.807, 2.05) is 0 Å². The summed E-state index contributed by atoms with van der Waals surface area (Å²) in [5, 5.41) is 0. The maximum absolute atomic E-state index is 9.74. The van der Waals surface area contributed by atoms with Gasteiger partial charge in [-0.1, -0.05) is 0 Å². The molecule has 0 saturated heterocycles.